The van der Waals surface area contributed by atoms with Gasteiger partial charge in [0.1, 0.15) is 0 Å². The number of carbonyl (C=O) groups excluding carboxylic acids is 1. The summed E-state index contributed by atoms with van der Waals surface area (Å²) in [6.45, 7) is 5.64. The fraction of sp³-hybridized carbons (Fsp3) is 0.350. The zero-order chi connectivity index (χ0) is 16.9. The summed E-state index contributed by atoms with van der Waals surface area (Å²) in [5, 5.41) is 2.93. The smallest absolute Gasteiger partial charge is 0.255 e. The Morgan fingerprint density at radius 1 is 1.25 bits per heavy atom. The summed E-state index contributed by atoms with van der Waals surface area (Å²) >= 11 is 3.41. The number of hydrogen-bond acceptors (Lipinski definition) is 2. The van der Waals surface area contributed by atoms with Crippen LogP contribution in [0.25, 0.3) is 0 Å². The number of amides is 1. The molecule has 126 valence electrons. The van der Waals surface area contributed by atoms with Gasteiger partial charge in [0.15, 0.2) is 0 Å². The number of halogens is 1. The average molecular weight is 387 g/mol. The monoisotopic (exact) mass is 386 g/mol. The maximum absolute atomic E-state index is 12.3. The summed E-state index contributed by atoms with van der Waals surface area (Å²) in [5.74, 6) is 0.709. The number of rotatable bonds is 4. The Labute approximate surface area is 152 Å². The van der Waals surface area contributed by atoms with Gasteiger partial charge in [-0.1, -0.05) is 41.1 Å². The lowest BCUT2D eigenvalue weighted by Crippen LogP contribution is -2.33. The number of likely N-dealkylation sites (tertiary alicyclic amines) is 1. The van der Waals surface area contributed by atoms with Gasteiger partial charge in [-0.3, -0.25) is 9.69 Å². The van der Waals surface area contributed by atoms with Crippen molar-refractivity contribution in [2.45, 2.75) is 26.3 Å². The molecule has 1 fully saturated rings. The summed E-state index contributed by atoms with van der Waals surface area (Å²) < 4.78 is 0.950. The Balaban J connectivity index is 1.60. The Morgan fingerprint density at radius 3 is 2.75 bits per heavy atom. The van der Waals surface area contributed by atoms with E-state index in [2.05, 4.69) is 45.2 Å². The van der Waals surface area contributed by atoms with E-state index in [1.807, 2.05) is 36.4 Å². The van der Waals surface area contributed by atoms with E-state index in [0.29, 0.717) is 5.56 Å². The number of carbonyl (C=O) groups is 1. The number of nitrogens with zero attached hydrogens (tertiary/aromatic N) is 1. The van der Waals surface area contributed by atoms with E-state index < -0.39 is 0 Å². The first-order valence-electron chi connectivity index (χ1n) is 8.48. The molecule has 1 saturated heterocycles. The molecule has 24 heavy (non-hydrogen) atoms. The van der Waals surface area contributed by atoms with Crippen LogP contribution >= 0.6 is 15.9 Å². The Morgan fingerprint density at radius 2 is 2.04 bits per heavy atom. The molecule has 2 aromatic carbocycles. The summed E-state index contributed by atoms with van der Waals surface area (Å²) in [4.78, 5) is 14.8. The second-order valence-corrected chi connectivity index (χ2v) is 7.56. The third kappa shape index (κ3) is 4.68. The number of anilines is 1. The highest BCUT2D eigenvalue weighted by Crippen LogP contribution is 2.19. The van der Waals surface area contributed by atoms with Crippen molar-refractivity contribution in [1.82, 2.24) is 4.90 Å². The van der Waals surface area contributed by atoms with Crippen LogP contribution in [0.2, 0.25) is 0 Å². The zero-order valence-corrected chi connectivity index (χ0v) is 15.6. The third-order valence-corrected chi connectivity index (χ3v) is 4.94. The third-order valence-electron chi connectivity index (χ3n) is 4.45. The van der Waals surface area contributed by atoms with Crippen LogP contribution in [0.1, 0.15) is 35.7 Å². The molecule has 4 heteroatoms. The van der Waals surface area contributed by atoms with Gasteiger partial charge in [-0.2, -0.15) is 0 Å². The van der Waals surface area contributed by atoms with Crippen molar-refractivity contribution in [3.05, 3.63) is 64.1 Å². The second kappa shape index (κ2) is 7.95. The molecular formula is C20H23BrN2O. The largest absolute Gasteiger partial charge is 0.322 e. The van der Waals surface area contributed by atoms with E-state index in [0.717, 1.165) is 22.6 Å². The van der Waals surface area contributed by atoms with E-state index >= 15 is 0 Å². The average Bonchev–Trinajstić information content (AvgIpc) is 2.55. The fourth-order valence-corrected chi connectivity index (χ4v) is 3.62. The molecule has 1 N–H and O–H groups in total. The van der Waals surface area contributed by atoms with Crippen LogP contribution < -0.4 is 5.32 Å². The minimum absolute atomic E-state index is 0.0776. The molecule has 3 nitrogen and oxygen atoms in total. The van der Waals surface area contributed by atoms with Gasteiger partial charge >= 0.3 is 0 Å². The van der Waals surface area contributed by atoms with E-state index in [-0.39, 0.29) is 5.91 Å². The maximum atomic E-state index is 12.3. The Kier molecular flexibility index (Phi) is 5.69. The highest BCUT2D eigenvalue weighted by Gasteiger charge is 2.16. The first-order chi connectivity index (χ1) is 11.6. The minimum Gasteiger partial charge on any atom is -0.322 e. The van der Waals surface area contributed by atoms with Crippen LogP contribution in [0.5, 0.6) is 0 Å². The highest BCUT2D eigenvalue weighted by molar-refractivity contribution is 9.10. The molecule has 0 aromatic heterocycles. The standard InChI is InChI=1S/C20H23BrN2O/c1-15-4-3-11-23(13-15)14-16-7-9-17(10-8-16)20(24)22-19-6-2-5-18(21)12-19/h2,5-10,12,15H,3-4,11,13-14H2,1H3,(H,22,24). The van der Waals surface area contributed by atoms with Gasteiger partial charge in [-0.15, -0.1) is 0 Å². The predicted molar refractivity (Wildman–Crippen MR) is 102 cm³/mol. The second-order valence-electron chi connectivity index (χ2n) is 6.64. The molecule has 2 aromatic rings. The van der Waals surface area contributed by atoms with Crippen LogP contribution in [0, 0.1) is 5.92 Å². The van der Waals surface area contributed by atoms with Crippen LogP contribution in [0.4, 0.5) is 5.69 Å². The SMILES string of the molecule is CC1CCCN(Cc2ccc(C(=O)Nc3cccc(Br)c3)cc2)C1. The molecule has 1 aliphatic heterocycles. The predicted octanol–water partition coefficient (Wildman–Crippen LogP) is 4.93. The molecule has 3 rings (SSSR count). The number of piperidine rings is 1. The number of benzene rings is 2. The van der Waals surface area contributed by atoms with Gasteiger partial charge in [-0.05, 0) is 61.2 Å². The van der Waals surface area contributed by atoms with Gasteiger partial charge in [0, 0.05) is 28.8 Å². The quantitative estimate of drug-likeness (QED) is 0.807. The van der Waals surface area contributed by atoms with Crippen LogP contribution in [-0.4, -0.2) is 23.9 Å². The molecule has 1 aliphatic rings. The van der Waals surface area contributed by atoms with E-state index in [1.165, 1.54) is 31.5 Å². The molecular weight excluding hydrogens is 364 g/mol. The van der Waals surface area contributed by atoms with Crippen LogP contribution in [0.15, 0.2) is 53.0 Å². The summed E-state index contributed by atoms with van der Waals surface area (Å²) in [7, 11) is 0. The first kappa shape index (κ1) is 17.2. The zero-order valence-electron chi connectivity index (χ0n) is 14.0. The van der Waals surface area contributed by atoms with Crippen LogP contribution in [-0.2, 0) is 6.54 Å². The van der Waals surface area contributed by atoms with Gasteiger partial charge in [0.25, 0.3) is 5.91 Å². The van der Waals surface area contributed by atoms with Crippen molar-refractivity contribution < 1.29 is 4.79 Å². The first-order valence-corrected chi connectivity index (χ1v) is 9.27. The topological polar surface area (TPSA) is 32.3 Å². The number of nitrogens with one attached hydrogen (secondary N) is 1. The van der Waals surface area contributed by atoms with Gasteiger partial charge in [0.2, 0.25) is 0 Å². The number of hydrogen-bond donors (Lipinski definition) is 1. The normalized spacial score (nSPS) is 18.3. The molecule has 0 spiro atoms. The fourth-order valence-electron chi connectivity index (χ4n) is 3.22. The van der Waals surface area contributed by atoms with Gasteiger partial charge in [0.05, 0.1) is 0 Å². The van der Waals surface area contributed by atoms with E-state index in [9.17, 15) is 4.79 Å². The highest BCUT2D eigenvalue weighted by atomic mass is 79.9. The Bertz CT molecular complexity index is 699. The van der Waals surface area contributed by atoms with Crippen molar-refractivity contribution in [3.8, 4) is 0 Å². The van der Waals surface area contributed by atoms with Crippen molar-refractivity contribution in [2.24, 2.45) is 5.92 Å². The molecule has 1 heterocycles. The van der Waals surface area contributed by atoms with E-state index in [4.69, 9.17) is 0 Å². The summed E-state index contributed by atoms with van der Waals surface area (Å²) in [6.07, 6.45) is 2.62. The van der Waals surface area contributed by atoms with Crippen molar-refractivity contribution in [2.75, 3.05) is 18.4 Å². The summed E-state index contributed by atoms with van der Waals surface area (Å²) in [5.41, 5.74) is 2.74. The van der Waals surface area contributed by atoms with Crippen LogP contribution in [0.3, 0.4) is 0 Å². The molecule has 1 unspecified atom stereocenters. The molecule has 0 saturated carbocycles. The van der Waals surface area contributed by atoms with Crippen molar-refractivity contribution >= 4 is 27.5 Å². The summed E-state index contributed by atoms with van der Waals surface area (Å²) in [6, 6.07) is 15.6. The van der Waals surface area contributed by atoms with Crippen molar-refractivity contribution in [1.29, 1.82) is 0 Å². The molecule has 0 radical (unpaired) electrons. The minimum atomic E-state index is -0.0776. The molecule has 0 bridgehead atoms. The van der Waals surface area contributed by atoms with Crippen molar-refractivity contribution in [3.63, 3.8) is 0 Å². The van der Waals surface area contributed by atoms with Gasteiger partial charge < -0.3 is 5.32 Å². The Hall–Kier alpha value is -1.65. The maximum Gasteiger partial charge on any atom is 0.255 e. The lowest BCUT2D eigenvalue weighted by molar-refractivity contribution is 0.102. The lowest BCUT2D eigenvalue weighted by Gasteiger charge is -2.30. The molecule has 1 atom stereocenters. The van der Waals surface area contributed by atoms with Gasteiger partial charge in [-0.25, -0.2) is 0 Å². The molecule has 0 aliphatic carbocycles. The molecule has 1 amide bonds. The lowest BCUT2D eigenvalue weighted by atomic mass is 9.99. The van der Waals surface area contributed by atoms with E-state index in [1.54, 1.807) is 0 Å².